The molecule has 0 saturated heterocycles. The zero-order chi connectivity index (χ0) is 17.5. The molecule has 1 N–H and O–H groups in total. The number of nitrogens with zero attached hydrogens (tertiary/aromatic N) is 5. The lowest BCUT2D eigenvalue weighted by molar-refractivity contribution is 0.779. The Bertz CT molecular complexity index is 602. The number of nitrogens with one attached hydrogen (secondary N) is 1. The van der Waals surface area contributed by atoms with Gasteiger partial charge in [0.05, 0.1) is 0 Å². The van der Waals surface area contributed by atoms with Crippen LogP contribution in [0, 0.1) is 6.92 Å². The van der Waals surface area contributed by atoms with Gasteiger partial charge >= 0.3 is 0 Å². The van der Waals surface area contributed by atoms with Gasteiger partial charge in [0.15, 0.2) is 0 Å². The third-order valence-corrected chi connectivity index (χ3v) is 4.01. The summed E-state index contributed by atoms with van der Waals surface area (Å²) in [5.74, 6) is 2.01. The van der Waals surface area contributed by atoms with Gasteiger partial charge in [0.2, 0.25) is 17.8 Å². The summed E-state index contributed by atoms with van der Waals surface area (Å²) in [6.07, 6.45) is 0. The first-order valence-electron chi connectivity index (χ1n) is 8.70. The van der Waals surface area contributed by atoms with Gasteiger partial charge in [-0.2, -0.15) is 15.0 Å². The number of benzene rings is 1. The zero-order valence-corrected chi connectivity index (χ0v) is 15.4. The molecule has 1 aromatic heterocycles. The fourth-order valence-corrected chi connectivity index (χ4v) is 2.47. The Balaban J connectivity index is 2.39. The van der Waals surface area contributed by atoms with E-state index in [0.717, 1.165) is 31.9 Å². The SMILES string of the molecule is CCN(CC)c1nc(Nc2ccc(C)cc2)nc(N(CC)CC)n1. The highest BCUT2D eigenvalue weighted by Crippen LogP contribution is 2.20. The summed E-state index contributed by atoms with van der Waals surface area (Å²) in [6.45, 7) is 14.0. The quantitative estimate of drug-likeness (QED) is 0.799. The Labute approximate surface area is 145 Å². The van der Waals surface area contributed by atoms with E-state index in [2.05, 4.69) is 76.8 Å². The first-order chi connectivity index (χ1) is 11.6. The summed E-state index contributed by atoms with van der Waals surface area (Å²) < 4.78 is 0. The van der Waals surface area contributed by atoms with Gasteiger partial charge in [0.25, 0.3) is 0 Å². The molecule has 0 unspecified atom stereocenters. The molecule has 0 spiro atoms. The molecule has 0 radical (unpaired) electrons. The summed E-state index contributed by atoms with van der Waals surface area (Å²) in [6, 6.07) is 8.21. The van der Waals surface area contributed by atoms with Crippen LogP contribution in [0.5, 0.6) is 0 Å². The molecule has 6 nitrogen and oxygen atoms in total. The van der Waals surface area contributed by atoms with E-state index < -0.39 is 0 Å². The number of aryl methyl sites for hydroxylation is 1. The first-order valence-corrected chi connectivity index (χ1v) is 8.70. The molecule has 130 valence electrons. The number of rotatable bonds is 8. The highest BCUT2D eigenvalue weighted by Gasteiger charge is 2.14. The number of aromatic nitrogens is 3. The molecule has 0 aliphatic carbocycles. The molecule has 24 heavy (non-hydrogen) atoms. The highest BCUT2D eigenvalue weighted by atomic mass is 15.4. The molecule has 0 fully saturated rings. The van der Waals surface area contributed by atoms with Crippen molar-refractivity contribution in [3.8, 4) is 0 Å². The molecule has 1 heterocycles. The second-order valence-corrected chi connectivity index (χ2v) is 5.59. The Morgan fingerprint density at radius 1 is 0.750 bits per heavy atom. The summed E-state index contributed by atoms with van der Waals surface area (Å²) in [5, 5.41) is 3.30. The summed E-state index contributed by atoms with van der Waals surface area (Å²) in [7, 11) is 0. The minimum atomic E-state index is 0.581. The molecule has 2 aromatic rings. The lowest BCUT2D eigenvalue weighted by Crippen LogP contribution is -2.29. The smallest absolute Gasteiger partial charge is 0.233 e. The van der Waals surface area contributed by atoms with Crippen LogP contribution >= 0.6 is 0 Å². The van der Waals surface area contributed by atoms with Crippen LogP contribution in [0.1, 0.15) is 33.3 Å². The molecule has 0 aliphatic rings. The summed E-state index contributed by atoms with van der Waals surface area (Å²) in [5.41, 5.74) is 2.20. The number of hydrogen-bond donors (Lipinski definition) is 1. The maximum atomic E-state index is 4.66. The van der Waals surface area contributed by atoms with E-state index in [1.807, 2.05) is 12.1 Å². The third-order valence-electron chi connectivity index (χ3n) is 4.01. The molecule has 0 bridgehead atoms. The summed E-state index contributed by atoms with van der Waals surface area (Å²) in [4.78, 5) is 18.2. The number of anilines is 4. The van der Waals surface area contributed by atoms with E-state index in [-0.39, 0.29) is 0 Å². The van der Waals surface area contributed by atoms with Crippen LogP contribution in [-0.4, -0.2) is 41.1 Å². The van der Waals surface area contributed by atoms with Gasteiger partial charge in [-0.25, -0.2) is 0 Å². The molecular weight excluding hydrogens is 300 g/mol. The largest absolute Gasteiger partial charge is 0.341 e. The minimum Gasteiger partial charge on any atom is -0.341 e. The molecule has 2 rings (SSSR count). The minimum absolute atomic E-state index is 0.581. The van der Waals surface area contributed by atoms with E-state index >= 15 is 0 Å². The molecule has 0 saturated carbocycles. The van der Waals surface area contributed by atoms with Gasteiger partial charge in [-0.3, -0.25) is 0 Å². The molecule has 1 aromatic carbocycles. The van der Waals surface area contributed by atoms with E-state index in [1.165, 1.54) is 5.56 Å². The van der Waals surface area contributed by atoms with E-state index in [1.54, 1.807) is 0 Å². The van der Waals surface area contributed by atoms with Crippen LogP contribution in [0.3, 0.4) is 0 Å². The highest BCUT2D eigenvalue weighted by molar-refractivity contribution is 5.56. The average Bonchev–Trinajstić information content (AvgIpc) is 2.59. The van der Waals surface area contributed by atoms with Crippen molar-refractivity contribution in [2.24, 2.45) is 0 Å². The van der Waals surface area contributed by atoms with Gasteiger partial charge in [-0.05, 0) is 46.8 Å². The van der Waals surface area contributed by atoms with Crippen molar-refractivity contribution in [1.29, 1.82) is 0 Å². The van der Waals surface area contributed by atoms with Crippen molar-refractivity contribution in [1.82, 2.24) is 15.0 Å². The molecular formula is C18H28N6. The van der Waals surface area contributed by atoms with Crippen LogP contribution in [-0.2, 0) is 0 Å². The third kappa shape index (κ3) is 4.34. The standard InChI is InChI=1S/C18H28N6/c1-6-23(7-2)17-20-16(19-15-12-10-14(5)11-13-15)21-18(22-17)24(8-3)9-4/h10-13H,6-9H2,1-5H3,(H,19,20,21,22). The van der Waals surface area contributed by atoms with E-state index in [0.29, 0.717) is 17.8 Å². The van der Waals surface area contributed by atoms with Crippen LogP contribution < -0.4 is 15.1 Å². The van der Waals surface area contributed by atoms with Gasteiger partial charge in [0, 0.05) is 31.9 Å². The zero-order valence-electron chi connectivity index (χ0n) is 15.4. The van der Waals surface area contributed by atoms with Crippen molar-refractivity contribution in [3.05, 3.63) is 29.8 Å². The predicted octanol–water partition coefficient (Wildman–Crippen LogP) is 3.62. The first kappa shape index (κ1) is 18.0. The van der Waals surface area contributed by atoms with Crippen LogP contribution in [0.4, 0.5) is 23.5 Å². The average molecular weight is 328 g/mol. The van der Waals surface area contributed by atoms with Crippen molar-refractivity contribution < 1.29 is 0 Å². The predicted molar refractivity (Wildman–Crippen MR) is 101 cm³/mol. The maximum absolute atomic E-state index is 4.66. The summed E-state index contributed by atoms with van der Waals surface area (Å²) >= 11 is 0. The van der Waals surface area contributed by atoms with Crippen LogP contribution in [0.2, 0.25) is 0 Å². The van der Waals surface area contributed by atoms with Gasteiger partial charge in [-0.15, -0.1) is 0 Å². The molecule has 0 atom stereocenters. The Morgan fingerprint density at radius 3 is 1.62 bits per heavy atom. The second kappa shape index (κ2) is 8.47. The lowest BCUT2D eigenvalue weighted by atomic mass is 10.2. The fourth-order valence-electron chi connectivity index (χ4n) is 2.47. The molecule has 0 aliphatic heterocycles. The van der Waals surface area contributed by atoms with Gasteiger partial charge in [-0.1, -0.05) is 17.7 Å². The Hall–Kier alpha value is -2.37. The van der Waals surface area contributed by atoms with Crippen LogP contribution in [0.15, 0.2) is 24.3 Å². The van der Waals surface area contributed by atoms with E-state index in [4.69, 9.17) is 0 Å². The van der Waals surface area contributed by atoms with Crippen molar-refractivity contribution in [2.45, 2.75) is 34.6 Å². The normalized spacial score (nSPS) is 10.5. The second-order valence-electron chi connectivity index (χ2n) is 5.59. The number of hydrogen-bond acceptors (Lipinski definition) is 6. The molecule has 6 heteroatoms. The van der Waals surface area contributed by atoms with Crippen molar-refractivity contribution in [3.63, 3.8) is 0 Å². The molecule has 0 amide bonds. The van der Waals surface area contributed by atoms with Crippen molar-refractivity contribution in [2.75, 3.05) is 41.3 Å². The Kier molecular flexibility index (Phi) is 6.35. The van der Waals surface area contributed by atoms with Crippen LogP contribution in [0.25, 0.3) is 0 Å². The monoisotopic (exact) mass is 328 g/mol. The topological polar surface area (TPSA) is 57.2 Å². The van der Waals surface area contributed by atoms with E-state index in [9.17, 15) is 0 Å². The van der Waals surface area contributed by atoms with Gasteiger partial charge in [0.1, 0.15) is 0 Å². The van der Waals surface area contributed by atoms with Crippen molar-refractivity contribution >= 4 is 23.5 Å². The lowest BCUT2D eigenvalue weighted by Gasteiger charge is -2.23. The van der Waals surface area contributed by atoms with Gasteiger partial charge < -0.3 is 15.1 Å². The fraction of sp³-hybridized carbons (Fsp3) is 0.500. The Morgan fingerprint density at radius 2 is 1.21 bits per heavy atom. The maximum Gasteiger partial charge on any atom is 0.233 e.